The summed E-state index contributed by atoms with van der Waals surface area (Å²) in [7, 11) is 0. The van der Waals surface area contributed by atoms with E-state index in [4.69, 9.17) is 18.6 Å². The smallest absolute Gasteiger partial charge is 0.306 e. The van der Waals surface area contributed by atoms with E-state index in [1.54, 1.807) is 0 Å². The zero-order valence-corrected chi connectivity index (χ0v) is 25.0. The summed E-state index contributed by atoms with van der Waals surface area (Å²) >= 11 is 3.54. The van der Waals surface area contributed by atoms with Gasteiger partial charge in [-0.3, -0.25) is 9.59 Å². The molecule has 2 aromatic carbocycles. The third-order valence-corrected chi connectivity index (χ3v) is 6.34. The van der Waals surface area contributed by atoms with Crippen molar-refractivity contribution >= 4 is 28.3 Å². The van der Waals surface area contributed by atoms with E-state index in [0.717, 1.165) is 32.6 Å². The van der Waals surface area contributed by atoms with Crippen molar-refractivity contribution in [3.8, 4) is 17.2 Å². The van der Waals surface area contributed by atoms with Gasteiger partial charge in [0.25, 0.3) is 0 Å². The van der Waals surface area contributed by atoms with E-state index in [1.165, 1.54) is 0 Å². The lowest BCUT2D eigenvalue weighted by atomic mass is 10.0. The minimum Gasteiger partial charge on any atom is -0.493 e. The fourth-order valence-corrected chi connectivity index (χ4v) is 4.43. The fourth-order valence-electron chi connectivity index (χ4n) is 3.98. The van der Waals surface area contributed by atoms with Gasteiger partial charge >= 0.3 is 5.97 Å². The quantitative estimate of drug-likeness (QED) is 0.136. The number of aromatic nitrogens is 1. The van der Waals surface area contributed by atoms with E-state index in [9.17, 15) is 9.59 Å². The SMILES string of the molecule is Cc1oc(-c2ccccc2Br)nc1CCOc1ccc(CCC(=O)OC(C)(C)C)c(C(NC=O)OC(C)C)c1. The molecule has 3 aromatic rings. The van der Waals surface area contributed by atoms with Gasteiger partial charge in [0, 0.05) is 22.9 Å². The summed E-state index contributed by atoms with van der Waals surface area (Å²) in [4.78, 5) is 28.4. The number of carbonyl (C=O) groups excluding carboxylic acids is 2. The molecule has 39 heavy (non-hydrogen) atoms. The van der Waals surface area contributed by atoms with Gasteiger partial charge in [-0.25, -0.2) is 4.98 Å². The first-order valence-electron chi connectivity index (χ1n) is 13.0. The average molecular weight is 602 g/mol. The van der Waals surface area contributed by atoms with Crippen molar-refractivity contribution in [2.75, 3.05) is 6.61 Å². The lowest BCUT2D eigenvalue weighted by Crippen LogP contribution is -2.27. The zero-order chi connectivity index (χ0) is 28.6. The first-order chi connectivity index (χ1) is 18.5. The van der Waals surface area contributed by atoms with Crippen LogP contribution < -0.4 is 10.1 Å². The number of hydrogen-bond acceptors (Lipinski definition) is 7. The predicted octanol–water partition coefficient (Wildman–Crippen LogP) is 6.48. The highest BCUT2D eigenvalue weighted by atomic mass is 79.9. The third-order valence-electron chi connectivity index (χ3n) is 5.65. The van der Waals surface area contributed by atoms with E-state index in [0.29, 0.717) is 37.5 Å². The van der Waals surface area contributed by atoms with Crippen molar-refractivity contribution in [2.45, 2.75) is 78.7 Å². The van der Waals surface area contributed by atoms with Crippen molar-refractivity contribution < 1.29 is 28.2 Å². The van der Waals surface area contributed by atoms with Crippen LogP contribution in [0.1, 0.15) is 69.8 Å². The van der Waals surface area contributed by atoms with Gasteiger partial charge in [-0.1, -0.05) is 18.2 Å². The summed E-state index contributed by atoms with van der Waals surface area (Å²) in [6, 6.07) is 13.4. The van der Waals surface area contributed by atoms with Crippen LogP contribution in [0.4, 0.5) is 0 Å². The Balaban J connectivity index is 1.75. The van der Waals surface area contributed by atoms with Crippen LogP contribution in [0.3, 0.4) is 0 Å². The van der Waals surface area contributed by atoms with Crippen LogP contribution in [0, 0.1) is 6.92 Å². The van der Waals surface area contributed by atoms with Gasteiger partial charge in [0.05, 0.1) is 24.0 Å². The van der Waals surface area contributed by atoms with Gasteiger partial charge < -0.3 is 23.9 Å². The van der Waals surface area contributed by atoms with E-state index < -0.39 is 11.8 Å². The van der Waals surface area contributed by atoms with Gasteiger partial charge in [-0.15, -0.1) is 0 Å². The number of benzene rings is 2. The van der Waals surface area contributed by atoms with Crippen molar-refractivity contribution in [2.24, 2.45) is 0 Å². The van der Waals surface area contributed by atoms with Crippen LogP contribution >= 0.6 is 15.9 Å². The van der Waals surface area contributed by atoms with Crippen LogP contribution in [0.15, 0.2) is 51.4 Å². The van der Waals surface area contributed by atoms with E-state index >= 15 is 0 Å². The molecule has 1 N–H and O–H groups in total. The number of oxazole rings is 1. The molecule has 3 rings (SSSR count). The highest BCUT2D eigenvalue weighted by Gasteiger charge is 2.21. The summed E-state index contributed by atoms with van der Waals surface area (Å²) in [5.74, 6) is 1.62. The third kappa shape index (κ3) is 9.21. The Labute approximate surface area is 238 Å². The van der Waals surface area contributed by atoms with E-state index in [-0.39, 0.29) is 18.5 Å². The van der Waals surface area contributed by atoms with Crippen LogP contribution in [0.25, 0.3) is 11.5 Å². The van der Waals surface area contributed by atoms with Gasteiger partial charge in [0.15, 0.2) is 6.23 Å². The molecule has 0 radical (unpaired) electrons. The number of hydrogen-bond donors (Lipinski definition) is 1. The molecule has 210 valence electrons. The van der Waals surface area contributed by atoms with Crippen LogP contribution in [-0.2, 0) is 31.9 Å². The van der Waals surface area contributed by atoms with Crippen molar-refractivity contribution in [3.63, 3.8) is 0 Å². The topological polar surface area (TPSA) is 99.9 Å². The maximum Gasteiger partial charge on any atom is 0.306 e. The number of rotatable bonds is 13. The molecular weight excluding hydrogens is 564 g/mol. The predicted molar refractivity (Wildman–Crippen MR) is 152 cm³/mol. The molecule has 1 amide bonds. The Bertz CT molecular complexity index is 1260. The molecule has 0 fully saturated rings. The Hall–Kier alpha value is -3.17. The Kier molecular flexibility index (Phi) is 10.7. The van der Waals surface area contributed by atoms with Crippen molar-refractivity contribution in [3.05, 3.63) is 69.5 Å². The van der Waals surface area contributed by atoms with Gasteiger partial charge in [-0.2, -0.15) is 0 Å². The first kappa shape index (κ1) is 30.4. The number of nitrogens with one attached hydrogen (secondary N) is 1. The van der Waals surface area contributed by atoms with Gasteiger partial charge in [0.1, 0.15) is 17.1 Å². The molecule has 1 unspecified atom stereocenters. The van der Waals surface area contributed by atoms with Gasteiger partial charge in [-0.05, 0) is 93.7 Å². The summed E-state index contributed by atoms with van der Waals surface area (Å²) in [5.41, 5.74) is 2.74. The second-order valence-electron chi connectivity index (χ2n) is 10.4. The van der Waals surface area contributed by atoms with Crippen molar-refractivity contribution in [1.29, 1.82) is 0 Å². The molecule has 0 spiro atoms. The molecule has 0 aliphatic rings. The van der Waals surface area contributed by atoms with Gasteiger partial charge in [0.2, 0.25) is 12.3 Å². The van der Waals surface area contributed by atoms with E-state index in [1.807, 2.05) is 84.0 Å². The molecule has 9 heteroatoms. The Morgan fingerprint density at radius 3 is 2.56 bits per heavy atom. The monoisotopic (exact) mass is 600 g/mol. The first-order valence-corrected chi connectivity index (χ1v) is 13.8. The number of nitrogens with zero attached hydrogens (tertiary/aromatic N) is 1. The number of halogens is 1. The second-order valence-corrected chi connectivity index (χ2v) is 11.3. The molecule has 0 saturated heterocycles. The highest BCUT2D eigenvalue weighted by molar-refractivity contribution is 9.10. The number of ether oxygens (including phenoxy) is 3. The largest absolute Gasteiger partial charge is 0.493 e. The summed E-state index contributed by atoms with van der Waals surface area (Å²) in [6.07, 6.45) is 0.955. The Morgan fingerprint density at radius 1 is 1.15 bits per heavy atom. The normalized spacial score (nSPS) is 12.3. The van der Waals surface area contributed by atoms with Crippen LogP contribution in [-0.4, -0.2) is 35.7 Å². The molecule has 0 saturated carbocycles. The number of aryl methyl sites for hydroxylation is 2. The zero-order valence-electron chi connectivity index (χ0n) is 23.4. The molecule has 0 aliphatic heterocycles. The highest BCUT2D eigenvalue weighted by Crippen LogP contribution is 2.30. The molecule has 0 bridgehead atoms. The minimum absolute atomic E-state index is 0.139. The summed E-state index contributed by atoms with van der Waals surface area (Å²) < 4.78 is 24.3. The second kappa shape index (κ2) is 13.8. The number of esters is 1. The molecule has 1 aromatic heterocycles. The van der Waals surface area contributed by atoms with Crippen LogP contribution in [0.5, 0.6) is 5.75 Å². The number of carbonyl (C=O) groups is 2. The fraction of sp³-hybridized carbons (Fsp3) is 0.433. The Morgan fingerprint density at radius 2 is 1.90 bits per heavy atom. The van der Waals surface area contributed by atoms with Crippen LogP contribution in [0.2, 0.25) is 0 Å². The lowest BCUT2D eigenvalue weighted by Gasteiger charge is -2.24. The maximum atomic E-state index is 12.3. The van der Waals surface area contributed by atoms with E-state index in [2.05, 4.69) is 26.2 Å². The molecule has 0 aliphatic carbocycles. The summed E-state index contributed by atoms with van der Waals surface area (Å²) in [5, 5.41) is 2.74. The lowest BCUT2D eigenvalue weighted by molar-refractivity contribution is -0.154. The number of amides is 1. The molecular formula is C30H37BrN2O6. The summed E-state index contributed by atoms with van der Waals surface area (Å²) in [6.45, 7) is 11.6. The minimum atomic E-state index is -0.690. The maximum absolute atomic E-state index is 12.3. The average Bonchev–Trinajstić information content (AvgIpc) is 3.22. The molecule has 8 nitrogen and oxygen atoms in total. The standard InChI is InChI=1S/C30H37BrN2O6/c1-19(2)37-28(32-18-34)24-17-22(13-11-21(24)12-14-27(35)39-30(4,5)6)36-16-15-26-20(3)38-29(33-26)23-9-7-8-10-25(23)31/h7-11,13,17-19,28H,12,14-16H2,1-6H3,(H,32,34). The van der Waals surface area contributed by atoms with Crippen molar-refractivity contribution in [1.82, 2.24) is 10.3 Å². The molecule has 1 atom stereocenters. The molecule has 1 heterocycles.